The quantitative estimate of drug-likeness (QED) is 0.893. The molecule has 0 spiro atoms. The molecule has 1 aromatic rings. The van der Waals surface area contributed by atoms with Gasteiger partial charge in [-0.25, -0.2) is 0 Å². The molecule has 0 aromatic carbocycles. The molecule has 0 radical (unpaired) electrons. The third-order valence-electron chi connectivity index (χ3n) is 2.96. The van der Waals surface area contributed by atoms with Crippen molar-refractivity contribution in [1.29, 1.82) is 0 Å². The molecule has 1 saturated heterocycles. The van der Waals surface area contributed by atoms with Crippen LogP contribution in [0.1, 0.15) is 32.5 Å². The molecule has 1 aromatic heterocycles. The van der Waals surface area contributed by atoms with Crippen LogP contribution in [0.5, 0.6) is 0 Å². The van der Waals surface area contributed by atoms with Crippen LogP contribution in [0.4, 0.5) is 0 Å². The number of hydrogen-bond acceptors (Lipinski definition) is 6. The lowest BCUT2D eigenvalue weighted by atomic mass is 9.97. The molecule has 2 heterocycles. The molecule has 1 aliphatic heterocycles. The van der Waals surface area contributed by atoms with Gasteiger partial charge in [-0.2, -0.15) is 4.98 Å². The van der Waals surface area contributed by atoms with Crippen molar-refractivity contribution in [3.05, 3.63) is 11.7 Å². The lowest BCUT2D eigenvalue weighted by Crippen LogP contribution is -2.45. The number of morpholine rings is 1. The number of nitrogens with two attached hydrogens (primary N) is 1. The van der Waals surface area contributed by atoms with Gasteiger partial charge >= 0.3 is 0 Å². The van der Waals surface area contributed by atoms with E-state index in [4.69, 9.17) is 15.0 Å². The van der Waals surface area contributed by atoms with Crippen LogP contribution in [0.25, 0.3) is 0 Å². The van der Waals surface area contributed by atoms with Gasteiger partial charge in [-0.1, -0.05) is 25.9 Å². The summed E-state index contributed by atoms with van der Waals surface area (Å²) in [5.74, 6) is 1.42. The van der Waals surface area contributed by atoms with E-state index < -0.39 is 0 Å². The summed E-state index contributed by atoms with van der Waals surface area (Å²) in [5.41, 5.74) is 5.52. The number of halogens is 1. The van der Waals surface area contributed by atoms with Crippen molar-refractivity contribution in [3.63, 3.8) is 0 Å². The van der Waals surface area contributed by atoms with Crippen LogP contribution in [0.15, 0.2) is 4.52 Å². The maximum atomic E-state index is 5.62. The Morgan fingerprint density at radius 1 is 1.42 bits per heavy atom. The molecule has 1 unspecified atom stereocenters. The highest BCUT2D eigenvalue weighted by atomic mass is 35.5. The number of hydrogen-bond donors (Lipinski definition) is 1. The number of aromatic nitrogens is 2. The van der Waals surface area contributed by atoms with E-state index in [0.717, 1.165) is 18.9 Å². The fourth-order valence-electron chi connectivity index (χ4n) is 1.89. The van der Waals surface area contributed by atoms with Crippen molar-refractivity contribution in [2.24, 2.45) is 5.73 Å². The maximum absolute atomic E-state index is 5.62. The summed E-state index contributed by atoms with van der Waals surface area (Å²) in [6.07, 6.45) is 0.118. The minimum atomic E-state index is -0.101. The monoisotopic (exact) mass is 290 g/mol. The Hall–Kier alpha value is -0.690. The summed E-state index contributed by atoms with van der Waals surface area (Å²) in [5, 5.41) is 4.03. The van der Waals surface area contributed by atoms with Gasteiger partial charge in [-0.3, -0.25) is 4.90 Å². The fraction of sp³-hybridized carbons (Fsp3) is 0.833. The highest BCUT2D eigenvalue weighted by Gasteiger charge is 2.24. The Morgan fingerprint density at radius 2 is 2.16 bits per heavy atom. The second-order valence-corrected chi connectivity index (χ2v) is 5.73. The molecule has 1 fully saturated rings. The Bertz CT molecular complexity index is 391. The highest BCUT2D eigenvalue weighted by Crippen LogP contribution is 2.20. The largest absolute Gasteiger partial charge is 0.374 e. The first kappa shape index (κ1) is 16.4. The Kier molecular flexibility index (Phi) is 5.73. The van der Waals surface area contributed by atoms with E-state index in [0.29, 0.717) is 25.6 Å². The molecule has 1 aliphatic rings. The summed E-state index contributed by atoms with van der Waals surface area (Å²) < 4.78 is 10.8. The molecule has 0 amide bonds. The highest BCUT2D eigenvalue weighted by molar-refractivity contribution is 5.85. The minimum absolute atomic E-state index is 0. The lowest BCUT2D eigenvalue weighted by Gasteiger charge is -2.31. The van der Waals surface area contributed by atoms with Crippen LogP contribution >= 0.6 is 12.4 Å². The molecule has 2 rings (SSSR count). The number of ether oxygens (including phenoxy) is 1. The molecular weight excluding hydrogens is 268 g/mol. The summed E-state index contributed by atoms with van der Waals surface area (Å²) in [6.45, 7) is 9.85. The van der Waals surface area contributed by atoms with Crippen molar-refractivity contribution in [3.8, 4) is 0 Å². The Labute approximate surface area is 120 Å². The van der Waals surface area contributed by atoms with Gasteiger partial charge in [0.2, 0.25) is 5.89 Å². The van der Waals surface area contributed by atoms with Crippen LogP contribution < -0.4 is 5.73 Å². The van der Waals surface area contributed by atoms with E-state index >= 15 is 0 Å². The summed E-state index contributed by atoms with van der Waals surface area (Å²) >= 11 is 0. The second-order valence-electron chi connectivity index (χ2n) is 5.73. The van der Waals surface area contributed by atoms with Gasteiger partial charge in [-0.15, -0.1) is 12.4 Å². The zero-order valence-corrected chi connectivity index (χ0v) is 12.6. The summed E-state index contributed by atoms with van der Waals surface area (Å²) in [7, 11) is 0. The zero-order chi connectivity index (χ0) is 13.2. The molecule has 1 atom stereocenters. The van der Waals surface area contributed by atoms with E-state index in [1.807, 2.05) is 0 Å². The third kappa shape index (κ3) is 4.42. The molecule has 6 nitrogen and oxygen atoms in total. The SMILES string of the molecule is CC(C)(C)c1nc(CN2CCOC(CN)C2)no1.Cl. The fourth-order valence-corrected chi connectivity index (χ4v) is 1.89. The van der Waals surface area contributed by atoms with Gasteiger partial charge in [0.1, 0.15) is 0 Å². The molecule has 0 bridgehead atoms. The standard InChI is InChI=1S/C12H22N4O2.ClH/c1-12(2,3)11-14-10(15-18-11)8-16-4-5-17-9(6-13)7-16;/h9H,4-8,13H2,1-3H3;1H. The lowest BCUT2D eigenvalue weighted by molar-refractivity contribution is -0.0269. The Morgan fingerprint density at radius 3 is 2.74 bits per heavy atom. The van der Waals surface area contributed by atoms with Crippen LogP contribution in [0, 0.1) is 0 Å². The predicted molar refractivity (Wildman–Crippen MR) is 74.3 cm³/mol. The topological polar surface area (TPSA) is 77.4 Å². The van der Waals surface area contributed by atoms with E-state index in [1.54, 1.807) is 0 Å². The molecule has 0 aliphatic carbocycles. The normalized spacial score (nSPS) is 21.2. The van der Waals surface area contributed by atoms with Gasteiger partial charge in [-0.05, 0) is 0 Å². The first-order chi connectivity index (χ1) is 8.49. The van der Waals surface area contributed by atoms with E-state index in [9.17, 15) is 0 Å². The van der Waals surface area contributed by atoms with Crippen molar-refractivity contribution < 1.29 is 9.26 Å². The van der Waals surface area contributed by atoms with Gasteiger partial charge < -0.3 is 15.0 Å². The summed E-state index contributed by atoms with van der Waals surface area (Å²) in [4.78, 5) is 6.68. The second kappa shape index (κ2) is 6.65. The van der Waals surface area contributed by atoms with Gasteiger partial charge in [0.05, 0.1) is 19.3 Å². The van der Waals surface area contributed by atoms with Gasteiger partial charge in [0, 0.05) is 25.0 Å². The first-order valence-corrected chi connectivity index (χ1v) is 6.36. The van der Waals surface area contributed by atoms with Crippen molar-refractivity contribution in [2.75, 3.05) is 26.2 Å². The van der Waals surface area contributed by atoms with Crippen molar-refractivity contribution >= 4 is 12.4 Å². The third-order valence-corrected chi connectivity index (χ3v) is 2.96. The first-order valence-electron chi connectivity index (χ1n) is 6.36. The van der Waals surface area contributed by atoms with Crippen molar-refractivity contribution in [1.82, 2.24) is 15.0 Å². The van der Waals surface area contributed by atoms with Crippen LogP contribution in [0.2, 0.25) is 0 Å². The predicted octanol–water partition coefficient (Wildman–Crippen LogP) is 0.948. The van der Waals surface area contributed by atoms with Crippen LogP contribution in [-0.4, -0.2) is 47.4 Å². The van der Waals surface area contributed by atoms with Gasteiger partial charge in [0.25, 0.3) is 0 Å². The smallest absolute Gasteiger partial charge is 0.232 e. The summed E-state index contributed by atoms with van der Waals surface area (Å²) in [6, 6.07) is 0. The number of nitrogens with zero attached hydrogens (tertiary/aromatic N) is 3. The minimum Gasteiger partial charge on any atom is -0.374 e. The molecule has 2 N–H and O–H groups in total. The zero-order valence-electron chi connectivity index (χ0n) is 11.8. The molecular formula is C12H23ClN4O2. The van der Waals surface area contributed by atoms with E-state index in [2.05, 4.69) is 35.8 Å². The van der Waals surface area contributed by atoms with Crippen LogP contribution in [-0.2, 0) is 16.7 Å². The maximum Gasteiger partial charge on any atom is 0.232 e. The molecule has 19 heavy (non-hydrogen) atoms. The van der Waals surface area contributed by atoms with E-state index in [-0.39, 0.29) is 23.9 Å². The van der Waals surface area contributed by atoms with Crippen LogP contribution in [0.3, 0.4) is 0 Å². The molecule has 0 saturated carbocycles. The average molecular weight is 291 g/mol. The van der Waals surface area contributed by atoms with Crippen molar-refractivity contribution in [2.45, 2.75) is 38.8 Å². The van der Waals surface area contributed by atoms with Gasteiger partial charge in [0.15, 0.2) is 5.82 Å². The number of rotatable bonds is 3. The molecule has 7 heteroatoms. The molecule has 110 valence electrons. The van der Waals surface area contributed by atoms with E-state index in [1.165, 1.54) is 0 Å². The average Bonchev–Trinajstić information content (AvgIpc) is 2.77. The Balaban J connectivity index is 0.00000180.